The molecular weight excluding hydrogens is 290 g/mol. The molecule has 0 aliphatic carbocycles. The Bertz CT molecular complexity index is 700. The van der Waals surface area contributed by atoms with E-state index in [1.807, 2.05) is 0 Å². The van der Waals surface area contributed by atoms with Gasteiger partial charge in [0.15, 0.2) is 15.7 Å². The summed E-state index contributed by atoms with van der Waals surface area (Å²) < 4.78 is 47.0. The predicted molar refractivity (Wildman–Crippen MR) is 69.4 cm³/mol. The van der Waals surface area contributed by atoms with Gasteiger partial charge in [0.1, 0.15) is 0 Å². The number of alkyl halides is 2. The molecule has 2 N–H and O–H groups in total. The molecule has 0 spiro atoms. The summed E-state index contributed by atoms with van der Waals surface area (Å²) in [4.78, 5) is 4.12. The topological polar surface area (TPSA) is 87.7 Å². The van der Waals surface area contributed by atoms with Crippen LogP contribution in [0, 0.1) is 0 Å². The van der Waals surface area contributed by atoms with E-state index in [1.54, 1.807) is 12.1 Å². The summed E-state index contributed by atoms with van der Waals surface area (Å²) in [6.07, 6.45) is -1.41. The van der Waals surface area contributed by atoms with Crippen LogP contribution in [0.15, 0.2) is 29.2 Å². The lowest BCUT2D eigenvalue weighted by Crippen LogP contribution is -2.11. The largest absolute Gasteiger partial charge is 0.347 e. The van der Waals surface area contributed by atoms with Crippen LogP contribution in [0.4, 0.5) is 14.7 Å². The van der Waals surface area contributed by atoms with Crippen LogP contribution in [0.1, 0.15) is 0 Å². The monoisotopic (exact) mass is 302 g/mol. The van der Waals surface area contributed by atoms with E-state index in [9.17, 15) is 17.2 Å². The molecular formula is C11H12F2N4O2S. The molecule has 0 fully saturated rings. The quantitative estimate of drug-likeness (QED) is 0.875. The van der Waals surface area contributed by atoms with E-state index in [4.69, 9.17) is 0 Å². The fourth-order valence-corrected chi connectivity index (χ4v) is 2.18. The minimum Gasteiger partial charge on any atom is -0.347 e. The van der Waals surface area contributed by atoms with E-state index in [0.29, 0.717) is 11.4 Å². The first-order valence-electron chi connectivity index (χ1n) is 5.61. The average Bonchev–Trinajstić information content (AvgIpc) is 2.84. The summed E-state index contributed by atoms with van der Waals surface area (Å²) in [5, 5.41) is 8.64. The van der Waals surface area contributed by atoms with Crippen LogP contribution < -0.4 is 5.32 Å². The summed E-state index contributed by atoms with van der Waals surface area (Å²) in [7, 11) is -3.32. The molecule has 0 saturated heterocycles. The molecule has 20 heavy (non-hydrogen) atoms. The molecule has 9 heteroatoms. The van der Waals surface area contributed by atoms with Gasteiger partial charge < -0.3 is 5.32 Å². The standard InChI is InChI=1S/C11H12F2N4O2S/c1-20(18,19)8-4-2-3-7(5-8)10-15-11(17-16-10)14-6-9(12)13/h2-5,9H,6H2,1H3,(H2,14,15,16,17). The zero-order valence-corrected chi connectivity index (χ0v) is 11.3. The van der Waals surface area contributed by atoms with Crippen molar-refractivity contribution in [3.63, 3.8) is 0 Å². The van der Waals surface area contributed by atoms with Crippen molar-refractivity contribution in [2.24, 2.45) is 0 Å². The van der Waals surface area contributed by atoms with E-state index in [0.717, 1.165) is 6.26 Å². The predicted octanol–water partition coefficient (Wildman–Crippen LogP) is 1.55. The number of H-pyrrole nitrogens is 1. The average molecular weight is 302 g/mol. The number of hydrogen-bond donors (Lipinski definition) is 2. The number of hydrogen-bond acceptors (Lipinski definition) is 5. The first-order chi connectivity index (χ1) is 9.36. The smallest absolute Gasteiger partial charge is 0.255 e. The van der Waals surface area contributed by atoms with Gasteiger partial charge in [-0.3, -0.25) is 5.10 Å². The van der Waals surface area contributed by atoms with Gasteiger partial charge in [-0.25, -0.2) is 17.2 Å². The van der Waals surface area contributed by atoms with Gasteiger partial charge in [-0.05, 0) is 12.1 Å². The van der Waals surface area contributed by atoms with Crippen LogP contribution >= 0.6 is 0 Å². The van der Waals surface area contributed by atoms with Gasteiger partial charge >= 0.3 is 0 Å². The van der Waals surface area contributed by atoms with Crippen molar-refractivity contribution in [2.75, 3.05) is 18.1 Å². The molecule has 1 heterocycles. The second kappa shape index (κ2) is 5.53. The van der Waals surface area contributed by atoms with Gasteiger partial charge in [-0.15, -0.1) is 5.10 Å². The molecule has 0 radical (unpaired) electrons. The maximum Gasteiger partial charge on any atom is 0.255 e. The number of aromatic nitrogens is 3. The van der Waals surface area contributed by atoms with Gasteiger partial charge in [0.25, 0.3) is 6.43 Å². The van der Waals surface area contributed by atoms with Gasteiger partial charge in [-0.2, -0.15) is 4.98 Å². The Morgan fingerprint density at radius 1 is 1.40 bits per heavy atom. The van der Waals surface area contributed by atoms with Crippen molar-refractivity contribution in [2.45, 2.75) is 11.3 Å². The lowest BCUT2D eigenvalue weighted by molar-refractivity contribution is 0.163. The number of halogens is 2. The van der Waals surface area contributed by atoms with Gasteiger partial charge in [0.05, 0.1) is 11.4 Å². The van der Waals surface area contributed by atoms with E-state index >= 15 is 0 Å². The lowest BCUT2D eigenvalue weighted by atomic mass is 10.2. The van der Waals surface area contributed by atoms with Crippen LogP contribution in [-0.4, -0.2) is 42.8 Å². The van der Waals surface area contributed by atoms with Gasteiger partial charge in [0.2, 0.25) is 5.95 Å². The molecule has 2 rings (SSSR count). The number of nitrogens with one attached hydrogen (secondary N) is 2. The number of benzene rings is 1. The minimum atomic E-state index is -3.32. The van der Waals surface area contributed by atoms with E-state index in [2.05, 4.69) is 20.5 Å². The molecule has 1 aromatic heterocycles. The lowest BCUT2D eigenvalue weighted by Gasteiger charge is -2.01. The molecule has 2 aromatic rings. The van der Waals surface area contributed by atoms with Crippen LogP contribution in [0.5, 0.6) is 0 Å². The van der Waals surface area contributed by atoms with Gasteiger partial charge in [0, 0.05) is 11.8 Å². The highest BCUT2D eigenvalue weighted by Crippen LogP contribution is 2.20. The van der Waals surface area contributed by atoms with Crippen molar-refractivity contribution in [3.8, 4) is 11.4 Å². The Morgan fingerprint density at radius 2 is 2.15 bits per heavy atom. The molecule has 108 valence electrons. The summed E-state index contributed by atoms with van der Waals surface area (Å²) in [6.45, 7) is -0.555. The maximum atomic E-state index is 12.0. The molecule has 6 nitrogen and oxygen atoms in total. The second-order valence-electron chi connectivity index (χ2n) is 4.08. The highest BCUT2D eigenvalue weighted by atomic mass is 32.2. The first-order valence-corrected chi connectivity index (χ1v) is 7.50. The molecule has 0 aliphatic rings. The Morgan fingerprint density at radius 3 is 2.80 bits per heavy atom. The van der Waals surface area contributed by atoms with Crippen molar-refractivity contribution in [1.82, 2.24) is 15.2 Å². The van der Waals surface area contributed by atoms with Crippen LogP contribution in [0.2, 0.25) is 0 Å². The molecule has 0 bridgehead atoms. The normalized spacial score (nSPS) is 11.8. The van der Waals surface area contributed by atoms with Crippen LogP contribution in [0.3, 0.4) is 0 Å². The van der Waals surface area contributed by atoms with E-state index in [1.165, 1.54) is 12.1 Å². The molecule has 0 saturated carbocycles. The van der Waals surface area contributed by atoms with E-state index in [-0.39, 0.29) is 10.8 Å². The van der Waals surface area contributed by atoms with Crippen LogP contribution in [-0.2, 0) is 9.84 Å². The molecule has 0 unspecified atom stereocenters. The minimum absolute atomic E-state index is 0.0325. The fourth-order valence-electron chi connectivity index (χ4n) is 1.51. The Kier molecular flexibility index (Phi) is 3.98. The summed E-state index contributed by atoms with van der Waals surface area (Å²) >= 11 is 0. The van der Waals surface area contributed by atoms with Crippen molar-refractivity contribution in [1.29, 1.82) is 0 Å². The molecule has 0 aliphatic heterocycles. The van der Waals surface area contributed by atoms with Crippen molar-refractivity contribution >= 4 is 15.8 Å². The second-order valence-corrected chi connectivity index (χ2v) is 6.10. The Balaban J connectivity index is 2.24. The Labute approximate surface area is 114 Å². The third-order valence-electron chi connectivity index (χ3n) is 2.44. The van der Waals surface area contributed by atoms with Crippen molar-refractivity contribution in [3.05, 3.63) is 24.3 Å². The van der Waals surface area contributed by atoms with Gasteiger partial charge in [-0.1, -0.05) is 12.1 Å². The highest BCUT2D eigenvalue weighted by Gasteiger charge is 2.11. The maximum absolute atomic E-state index is 12.0. The highest BCUT2D eigenvalue weighted by molar-refractivity contribution is 7.90. The van der Waals surface area contributed by atoms with E-state index < -0.39 is 22.8 Å². The zero-order valence-electron chi connectivity index (χ0n) is 10.5. The number of nitrogens with zero attached hydrogens (tertiary/aromatic N) is 2. The summed E-state index contributed by atoms with van der Waals surface area (Å²) in [6, 6.07) is 6.12. The number of rotatable bonds is 5. The third kappa shape index (κ3) is 3.50. The zero-order chi connectivity index (χ0) is 14.8. The molecule has 0 atom stereocenters. The fraction of sp³-hybridized carbons (Fsp3) is 0.273. The Hall–Kier alpha value is -2.03. The SMILES string of the molecule is CS(=O)(=O)c1cccc(-c2nc(NCC(F)F)n[nH]2)c1. The number of aromatic amines is 1. The summed E-state index contributed by atoms with van der Waals surface area (Å²) in [5.74, 6) is 0.331. The van der Waals surface area contributed by atoms with Crippen molar-refractivity contribution < 1.29 is 17.2 Å². The molecule has 1 aromatic carbocycles. The molecule has 0 amide bonds. The first kappa shape index (κ1) is 14.4. The number of sulfone groups is 1. The number of anilines is 1. The summed E-state index contributed by atoms with van der Waals surface area (Å²) in [5.41, 5.74) is 0.505. The third-order valence-corrected chi connectivity index (χ3v) is 3.55. The van der Waals surface area contributed by atoms with Crippen LogP contribution in [0.25, 0.3) is 11.4 Å².